The molecule has 2 aromatic rings. The molecule has 0 aromatic carbocycles. The van der Waals surface area contributed by atoms with Crippen molar-refractivity contribution in [3.63, 3.8) is 0 Å². The zero-order valence-corrected chi connectivity index (χ0v) is 12.0. The summed E-state index contributed by atoms with van der Waals surface area (Å²) in [5.74, 6) is -0.122. The second-order valence-electron chi connectivity index (χ2n) is 4.66. The lowest BCUT2D eigenvalue weighted by molar-refractivity contribution is -0.130. The number of nitrogens with zero attached hydrogens (tertiary/aromatic N) is 5. The van der Waals surface area contributed by atoms with E-state index in [2.05, 4.69) is 4.98 Å². The number of hydrogen-bond acceptors (Lipinski definition) is 4. The minimum atomic E-state index is -0.451. The van der Waals surface area contributed by atoms with E-state index in [0.29, 0.717) is 6.54 Å². The number of aromatic nitrogens is 4. The van der Waals surface area contributed by atoms with E-state index in [4.69, 9.17) is 0 Å². The number of hydrogen-bond donors (Lipinski definition) is 0. The maximum Gasteiger partial charge on any atom is 0.332 e. The summed E-state index contributed by atoms with van der Waals surface area (Å²) >= 11 is 0. The predicted octanol–water partition coefficient (Wildman–Crippen LogP) is -1.09. The summed E-state index contributed by atoms with van der Waals surface area (Å²) in [4.78, 5) is 41.5. The monoisotopic (exact) mass is 279 g/mol. The molecular weight excluding hydrogens is 262 g/mol. The molecule has 0 aliphatic heterocycles. The highest BCUT2D eigenvalue weighted by Crippen LogP contribution is 2.05. The van der Waals surface area contributed by atoms with Gasteiger partial charge in [-0.15, -0.1) is 0 Å². The Morgan fingerprint density at radius 1 is 1.30 bits per heavy atom. The van der Waals surface area contributed by atoms with Crippen LogP contribution in [0.15, 0.2) is 15.9 Å². The van der Waals surface area contributed by atoms with Gasteiger partial charge in [0, 0.05) is 27.7 Å². The van der Waals surface area contributed by atoms with E-state index in [9.17, 15) is 14.4 Å². The molecule has 108 valence electrons. The molecule has 0 aliphatic rings. The quantitative estimate of drug-likeness (QED) is 0.715. The maximum absolute atomic E-state index is 12.2. The van der Waals surface area contributed by atoms with Gasteiger partial charge in [-0.1, -0.05) is 0 Å². The van der Waals surface area contributed by atoms with Crippen molar-refractivity contribution in [3.8, 4) is 0 Å². The molecule has 2 heterocycles. The average molecular weight is 279 g/mol. The number of carbonyl (C=O) groups excluding carboxylic acids is 1. The minimum Gasteiger partial charge on any atom is -0.344 e. The normalized spacial score (nSPS) is 11.0. The lowest BCUT2D eigenvalue weighted by atomic mass is 10.4. The molecule has 0 fully saturated rings. The van der Waals surface area contributed by atoms with Crippen LogP contribution in [0, 0.1) is 0 Å². The van der Waals surface area contributed by atoms with Gasteiger partial charge in [0.2, 0.25) is 5.91 Å². The molecule has 8 heteroatoms. The Hall–Kier alpha value is -2.38. The van der Waals surface area contributed by atoms with E-state index in [1.54, 1.807) is 19.0 Å². The van der Waals surface area contributed by atoms with Gasteiger partial charge < -0.3 is 9.47 Å². The Balaban J connectivity index is 2.61. The lowest BCUT2D eigenvalue weighted by Crippen LogP contribution is -2.38. The van der Waals surface area contributed by atoms with Crippen molar-refractivity contribution in [3.05, 3.63) is 27.2 Å². The summed E-state index contributed by atoms with van der Waals surface area (Å²) in [6, 6.07) is 0. The number of carbonyl (C=O) groups is 1. The topological polar surface area (TPSA) is 82.1 Å². The van der Waals surface area contributed by atoms with Crippen LogP contribution in [0.5, 0.6) is 0 Å². The van der Waals surface area contributed by atoms with Crippen LogP contribution in [0.1, 0.15) is 6.92 Å². The third kappa shape index (κ3) is 2.02. The van der Waals surface area contributed by atoms with Crippen molar-refractivity contribution in [2.45, 2.75) is 13.5 Å². The lowest BCUT2D eigenvalue weighted by Gasteiger charge is -2.14. The number of aryl methyl sites for hydroxylation is 1. The first kappa shape index (κ1) is 14.0. The molecule has 2 aromatic heterocycles. The summed E-state index contributed by atoms with van der Waals surface area (Å²) in [5.41, 5.74) is -0.352. The van der Waals surface area contributed by atoms with Crippen molar-refractivity contribution in [1.82, 2.24) is 23.6 Å². The van der Waals surface area contributed by atoms with Crippen molar-refractivity contribution < 1.29 is 4.79 Å². The van der Waals surface area contributed by atoms with Gasteiger partial charge in [-0.2, -0.15) is 0 Å². The Bertz CT molecular complexity index is 783. The first-order chi connectivity index (χ1) is 9.38. The van der Waals surface area contributed by atoms with Crippen LogP contribution in [0.2, 0.25) is 0 Å². The molecule has 0 radical (unpaired) electrons. The zero-order valence-electron chi connectivity index (χ0n) is 12.0. The van der Waals surface area contributed by atoms with Crippen LogP contribution in [-0.2, 0) is 25.4 Å². The van der Waals surface area contributed by atoms with E-state index in [-0.39, 0.29) is 23.6 Å². The maximum atomic E-state index is 12.2. The summed E-state index contributed by atoms with van der Waals surface area (Å²) in [5, 5.41) is 0. The third-order valence-electron chi connectivity index (χ3n) is 3.42. The summed E-state index contributed by atoms with van der Waals surface area (Å²) in [7, 11) is 4.64. The van der Waals surface area contributed by atoms with Gasteiger partial charge in [0.1, 0.15) is 6.54 Å². The largest absolute Gasteiger partial charge is 0.344 e. The number of amides is 1. The summed E-state index contributed by atoms with van der Waals surface area (Å²) in [6.45, 7) is 2.48. The van der Waals surface area contributed by atoms with Gasteiger partial charge >= 0.3 is 5.69 Å². The van der Waals surface area contributed by atoms with Gasteiger partial charge in [0.25, 0.3) is 5.56 Å². The Labute approximate surface area is 114 Å². The molecule has 0 saturated heterocycles. The van der Waals surface area contributed by atoms with Gasteiger partial charge in [-0.3, -0.25) is 18.7 Å². The molecule has 0 unspecified atom stereocenters. The Morgan fingerprint density at radius 2 is 1.95 bits per heavy atom. The smallest absolute Gasteiger partial charge is 0.332 e. The summed E-state index contributed by atoms with van der Waals surface area (Å²) < 4.78 is 3.78. The molecule has 0 saturated carbocycles. The van der Waals surface area contributed by atoms with Gasteiger partial charge in [-0.25, -0.2) is 9.78 Å². The Morgan fingerprint density at radius 3 is 2.55 bits per heavy atom. The number of likely N-dealkylation sites (N-methyl/N-ethyl adjacent to an activating group) is 1. The summed E-state index contributed by atoms with van der Waals surface area (Å²) in [6.07, 6.45) is 1.41. The Kier molecular flexibility index (Phi) is 3.47. The van der Waals surface area contributed by atoms with Gasteiger partial charge in [0.15, 0.2) is 11.2 Å². The fraction of sp³-hybridized carbons (Fsp3) is 0.500. The standard InChI is InChI=1S/C12H17N5O3/c1-5-14(2)8(18)6-17-7-13-10-9(17)11(19)16(4)12(20)15(10)3/h7H,5-6H2,1-4H3. The van der Waals surface area contributed by atoms with Crippen LogP contribution in [-0.4, -0.2) is 43.1 Å². The van der Waals surface area contributed by atoms with Crippen LogP contribution < -0.4 is 11.2 Å². The highest BCUT2D eigenvalue weighted by molar-refractivity contribution is 5.78. The number of fused-ring (bicyclic) bond motifs is 1. The highest BCUT2D eigenvalue weighted by atomic mass is 16.2. The van der Waals surface area contributed by atoms with E-state index in [1.165, 1.54) is 22.5 Å². The van der Waals surface area contributed by atoms with Crippen LogP contribution in [0.4, 0.5) is 0 Å². The molecule has 0 N–H and O–H groups in total. The van der Waals surface area contributed by atoms with Crippen molar-refractivity contribution in [2.24, 2.45) is 14.1 Å². The molecule has 8 nitrogen and oxygen atoms in total. The minimum absolute atomic E-state index is 0.0221. The number of imidazole rings is 1. The average Bonchev–Trinajstić information content (AvgIpc) is 2.85. The molecular formula is C12H17N5O3. The van der Waals surface area contributed by atoms with E-state index in [0.717, 1.165) is 4.57 Å². The zero-order chi connectivity index (χ0) is 15.0. The molecule has 1 amide bonds. The van der Waals surface area contributed by atoms with E-state index in [1.807, 2.05) is 6.92 Å². The van der Waals surface area contributed by atoms with Crippen molar-refractivity contribution in [1.29, 1.82) is 0 Å². The van der Waals surface area contributed by atoms with Crippen molar-refractivity contribution in [2.75, 3.05) is 13.6 Å². The molecule has 0 bridgehead atoms. The van der Waals surface area contributed by atoms with Gasteiger partial charge in [0.05, 0.1) is 6.33 Å². The fourth-order valence-corrected chi connectivity index (χ4v) is 1.96. The SMILES string of the molecule is CCN(C)C(=O)Cn1cnc2c1c(=O)n(C)c(=O)n2C. The number of rotatable bonds is 3. The van der Waals surface area contributed by atoms with E-state index < -0.39 is 11.2 Å². The molecule has 20 heavy (non-hydrogen) atoms. The second-order valence-corrected chi connectivity index (χ2v) is 4.66. The first-order valence-corrected chi connectivity index (χ1v) is 6.23. The van der Waals surface area contributed by atoms with Crippen molar-refractivity contribution >= 4 is 17.1 Å². The van der Waals surface area contributed by atoms with Crippen LogP contribution >= 0.6 is 0 Å². The molecule has 2 rings (SSSR count). The molecule has 0 aliphatic carbocycles. The highest BCUT2D eigenvalue weighted by Gasteiger charge is 2.16. The predicted molar refractivity (Wildman–Crippen MR) is 73.5 cm³/mol. The first-order valence-electron chi connectivity index (χ1n) is 6.23. The molecule has 0 atom stereocenters. The second kappa shape index (κ2) is 4.95. The van der Waals surface area contributed by atoms with Crippen LogP contribution in [0.3, 0.4) is 0 Å². The third-order valence-corrected chi connectivity index (χ3v) is 3.42. The van der Waals surface area contributed by atoms with Gasteiger partial charge in [-0.05, 0) is 6.92 Å². The molecule has 0 spiro atoms. The van der Waals surface area contributed by atoms with Crippen LogP contribution in [0.25, 0.3) is 11.2 Å². The fourth-order valence-electron chi connectivity index (χ4n) is 1.96. The van der Waals surface area contributed by atoms with E-state index >= 15 is 0 Å².